The highest BCUT2D eigenvalue weighted by atomic mass is 32.1. The third kappa shape index (κ3) is 2.14. The van der Waals surface area contributed by atoms with E-state index in [-0.39, 0.29) is 4.59 Å². The molecular weight excluding hydrogens is 226 g/mol. The highest BCUT2D eigenvalue weighted by Crippen LogP contribution is 2.19. The molecule has 76 valence electrons. The Labute approximate surface area is 99.1 Å². The van der Waals surface area contributed by atoms with E-state index in [0.717, 1.165) is 5.56 Å². The second-order valence-corrected chi connectivity index (χ2v) is 4.36. The Kier molecular flexibility index (Phi) is 2.95. The molecule has 5 heteroatoms. The molecule has 1 heterocycles. The van der Waals surface area contributed by atoms with E-state index in [1.807, 2.05) is 30.3 Å². The second kappa shape index (κ2) is 4.22. The Morgan fingerprint density at radius 3 is 2.60 bits per heavy atom. The lowest BCUT2D eigenvalue weighted by Gasteiger charge is -2.21. The molecule has 1 unspecified atom stereocenters. The van der Waals surface area contributed by atoms with Crippen molar-refractivity contribution in [2.24, 2.45) is 10.1 Å². The van der Waals surface area contributed by atoms with E-state index < -0.39 is 0 Å². The maximum absolute atomic E-state index is 5.10. The fourth-order valence-corrected chi connectivity index (χ4v) is 1.73. The summed E-state index contributed by atoms with van der Waals surface area (Å²) in [6.45, 7) is 0.656. The zero-order valence-corrected chi connectivity index (χ0v) is 9.66. The van der Waals surface area contributed by atoms with Crippen LogP contribution in [0.2, 0.25) is 0 Å². The number of benzene rings is 1. The molecule has 0 N–H and O–H groups in total. The molecule has 0 bridgehead atoms. The van der Waals surface area contributed by atoms with Gasteiger partial charge in [0.25, 0.3) is 4.32 Å². The number of aliphatic imine (C=N–C) groups is 1. The van der Waals surface area contributed by atoms with Crippen molar-refractivity contribution in [2.45, 2.75) is 6.54 Å². The summed E-state index contributed by atoms with van der Waals surface area (Å²) in [4.78, 5) is 3.97. The summed E-state index contributed by atoms with van der Waals surface area (Å²) in [6, 6.07) is 10.0. The van der Waals surface area contributed by atoms with E-state index in [9.17, 15) is 0 Å². The van der Waals surface area contributed by atoms with E-state index in [1.165, 1.54) is 6.34 Å². The van der Waals surface area contributed by atoms with Gasteiger partial charge in [-0.05, 0) is 12.2 Å². The minimum Gasteiger partial charge on any atom is -0.183 e. The number of rotatable bonds is 2. The maximum Gasteiger partial charge on any atom is 0.263 e. The van der Waals surface area contributed by atoms with Crippen LogP contribution in [0.4, 0.5) is 0 Å². The average molecular weight is 236 g/mol. The zero-order valence-electron chi connectivity index (χ0n) is 7.95. The third-order valence-electron chi connectivity index (χ3n) is 2.18. The van der Waals surface area contributed by atoms with Crippen LogP contribution in [0.25, 0.3) is 0 Å². The van der Waals surface area contributed by atoms with Gasteiger partial charge in [0, 0.05) is 5.56 Å². The lowest BCUT2D eigenvalue weighted by Crippen LogP contribution is -2.41. The highest BCUT2D eigenvalue weighted by molar-refractivity contribution is 8.10. The first kappa shape index (κ1) is 10.5. The van der Waals surface area contributed by atoms with Crippen molar-refractivity contribution in [3.8, 4) is 0 Å². The monoisotopic (exact) mass is 236 g/mol. The van der Waals surface area contributed by atoms with Crippen LogP contribution in [0.5, 0.6) is 0 Å². The van der Waals surface area contributed by atoms with Crippen LogP contribution in [0.1, 0.15) is 5.56 Å². The number of quaternary nitrogens is 1. The Hall–Kier alpha value is -1.04. The first-order chi connectivity index (χ1) is 7.23. The molecule has 1 aromatic rings. The topological polar surface area (TPSA) is 24.7 Å². The summed E-state index contributed by atoms with van der Waals surface area (Å²) in [7, 11) is 0. The van der Waals surface area contributed by atoms with Crippen molar-refractivity contribution in [1.82, 2.24) is 0 Å². The molecule has 2 rings (SSSR count). The van der Waals surface area contributed by atoms with Gasteiger partial charge in [0.2, 0.25) is 6.34 Å². The third-order valence-corrected chi connectivity index (χ3v) is 2.84. The van der Waals surface area contributed by atoms with Gasteiger partial charge in [-0.1, -0.05) is 48.1 Å². The van der Waals surface area contributed by atoms with Crippen molar-refractivity contribution in [1.29, 1.82) is 0 Å². The summed E-state index contributed by atoms with van der Waals surface area (Å²) in [5.74, 6) is 0. The van der Waals surface area contributed by atoms with Crippen molar-refractivity contribution in [2.75, 3.05) is 0 Å². The quantitative estimate of drug-likeness (QED) is 0.475. The predicted octanol–water partition coefficient (Wildman–Crippen LogP) is 2.20. The molecule has 0 amide bonds. The van der Waals surface area contributed by atoms with E-state index >= 15 is 0 Å². The first-order valence-electron chi connectivity index (χ1n) is 4.46. The van der Waals surface area contributed by atoms with Crippen molar-refractivity contribution in [3.05, 3.63) is 35.9 Å². The van der Waals surface area contributed by atoms with Gasteiger partial charge in [-0.15, -0.1) is 4.59 Å². The minimum absolute atomic E-state index is 0.169. The summed E-state index contributed by atoms with van der Waals surface area (Å²) in [5.41, 5.74) is 1.15. The predicted molar refractivity (Wildman–Crippen MR) is 69.0 cm³/mol. The molecule has 3 nitrogen and oxygen atoms in total. The van der Waals surface area contributed by atoms with E-state index in [0.29, 0.717) is 10.9 Å². The summed E-state index contributed by atoms with van der Waals surface area (Å²) in [6.07, 6.45) is 3.20. The van der Waals surface area contributed by atoms with E-state index in [4.69, 9.17) is 12.2 Å². The van der Waals surface area contributed by atoms with Crippen LogP contribution < -0.4 is 0 Å². The normalized spacial score (nSPS) is 23.3. The number of thiocarbonyl (C=S) groups is 1. The van der Waals surface area contributed by atoms with Gasteiger partial charge < -0.3 is 0 Å². The standard InChI is InChI=1S/C10H9N3S2/c14-10(15)13(8-11-7-12-13)6-9-4-2-1-3-5-9/h1-5,7-8H,6H2/p+1. The van der Waals surface area contributed by atoms with Crippen molar-refractivity contribution >= 4 is 41.8 Å². The Morgan fingerprint density at radius 2 is 2.07 bits per heavy atom. The maximum atomic E-state index is 5.10. The van der Waals surface area contributed by atoms with Gasteiger partial charge >= 0.3 is 0 Å². The molecule has 1 atom stereocenters. The molecule has 0 spiro atoms. The SMILES string of the molecule is S=C(S)[N+]1(Cc2ccccc2)C=NC=N1. The van der Waals surface area contributed by atoms with Gasteiger partial charge in [0.05, 0.1) is 0 Å². The van der Waals surface area contributed by atoms with Crippen molar-refractivity contribution < 1.29 is 4.59 Å². The lowest BCUT2D eigenvalue weighted by molar-refractivity contribution is -0.752. The molecule has 0 saturated carbocycles. The number of hydrogen-bond donors (Lipinski definition) is 1. The average Bonchev–Trinajstić information content (AvgIpc) is 2.69. The van der Waals surface area contributed by atoms with Gasteiger partial charge in [0.15, 0.2) is 6.34 Å². The van der Waals surface area contributed by atoms with Crippen LogP contribution in [0.15, 0.2) is 40.4 Å². The van der Waals surface area contributed by atoms with Gasteiger partial charge in [0.1, 0.15) is 6.54 Å². The van der Waals surface area contributed by atoms with E-state index in [2.05, 4.69) is 22.7 Å². The largest absolute Gasteiger partial charge is 0.263 e. The molecule has 15 heavy (non-hydrogen) atoms. The molecule has 0 aliphatic carbocycles. The van der Waals surface area contributed by atoms with Crippen LogP contribution in [-0.4, -0.2) is 21.6 Å². The highest BCUT2D eigenvalue weighted by Gasteiger charge is 2.33. The molecule has 0 aromatic heterocycles. The fraction of sp³-hybridized carbons (Fsp3) is 0.100. The van der Waals surface area contributed by atoms with Crippen molar-refractivity contribution in [3.63, 3.8) is 0 Å². The smallest absolute Gasteiger partial charge is 0.183 e. The van der Waals surface area contributed by atoms with Gasteiger partial charge in [-0.2, -0.15) is 4.99 Å². The Morgan fingerprint density at radius 1 is 1.33 bits per heavy atom. The van der Waals surface area contributed by atoms with E-state index in [1.54, 1.807) is 6.34 Å². The number of nitrogens with zero attached hydrogens (tertiary/aromatic N) is 3. The van der Waals surface area contributed by atoms with Crippen LogP contribution in [0, 0.1) is 0 Å². The molecule has 0 saturated heterocycles. The summed E-state index contributed by atoms with van der Waals surface area (Å²) in [5, 5.41) is 4.23. The second-order valence-electron chi connectivity index (χ2n) is 3.25. The molecular formula is C10H10N3S2+. The Balaban J connectivity index is 2.27. The zero-order chi connectivity index (χ0) is 10.7. The molecule has 0 radical (unpaired) electrons. The molecule has 1 aliphatic heterocycles. The van der Waals surface area contributed by atoms with Crippen LogP contribution in [0.3, 0.4) is 0 Å². The molecule has 1 aromatic carbocycles. The van der Waals surface area contributed by atoms with Gasteiger partial charge in [-0.3, -0.25) is 0 Å². The Bertz CT molecular complexity index is 414. The fourth-order valence-electron chi connectivity index (χ4n) is 1.40. The number of hydrogen-bond acceptors (Lipinski definition) is 3. The van der Waals surface area contributed by atoms with Crippen LogP contribution in [-0.2, 0) is 6.54 Å². The van der Waals surface area contributed by atoms with Crippen LogP contribution >= 0.6 is 24.8 Å². The summed E-state index contributed by atoms with van der Waals surface area (Å²) >= 11 is 9.31. The molecule has 1 aliphatic rings. The minimum atomic E-state index is 0.169. The number of thiol groups is 1. The van der Waals surface area contributed by atoms with Gasteiger partial charge in [-0.25, -0.2) is 0 Å². The first-order valence-corrected chi connectivity index (χ1v) is 5.32. The lowest BCUT2D eigenvalue weighted by atomic mass is 10.2. The molecule has 0 fully saturated rings. The summed E-state index contributed by atoms with van der Waals surface area (Å²) < 4.78 is 0.666.